The van der Waals surface area contributed by atoms with Gasteiger partial charge in [0, 0.05) is 6.42 Å². The summed E-state index contributed by atoms with van der Waals surface area (Å²) < 4.78 is 4.86. The quantitative estimate of drug-likeness (QED) is 0.636. The van der Waals surface area contributed by atoms with Crippen LogP contribution in [0.2, 0.25) is 0 Å². The van der Waals surface area contributed by atoms with Gasteiger partial charge in [-0.1, -0.05) is 33.6 Å². The highest BCUT2D eigenvalue weighted by Gasteiger charge is 2.63. The molecule has 0 aliphatic heterocycles. The molecule has 0 saturated heterocycles. The number of fused-ring (bicyclic) bond motifs is 5. The van der Waals surface area contributed by atoms with Crippen molar-refractivity contribution in [3.63, 3.8) is 0 Å². The number of rotatable bonds is 4. The van der Waals surface area contributed by atoms with Crippen LogP contribution < -0.4 is 0 Å². The number of esters is 1. The minimum Gasteiger partial charge on any atom is -0.469 e. The summed E-state index contributed by atoms with van der Waals surface area (Å²) in [5, 5.41) is 11.5. The van der Waals surface area contributed by atoms with E-state index in [4.69, 9.17) is 4.74 Å². The van der Waals surface area contributed by atoms with Crippen molar-refractivity contribution < 1.29 is 14.6 Å². The van der Waals surface area contributed by atoms with E-state index in [1.807, 2.05) is 0 Å². The monoisotopic (exact) mass is 390 g/mol. The van der Waals surface area contributed by atoms with E-state index in [1.54, 1.807) is 0 Å². The van der Waals surface area contributed by atoms with Crippen LogP contribution in [0, 0.1) is 46.3 Å². The van der Waals surface area contributed by atoms with Gasteiger partial charge in [0.05, 0.1) is 13.2 Å². The van der Waals surface area contributed by atoms with Gasteiger partial charge < -0.3 is 9.84 Å². The lowest BCUT2D eigenvalue weighted by Gasteiger charge is -2.62. The van der Waals surface area contributed by atoms with Crippen LogP contribution in [0.3, 0.4) is 0 Å². The van der Waals surface area contributed by atoms with Crippen LogP contribution in [0.15, 0.2) is 0 Å². The highest BCUT2D eigenvalue weighted by molar-refractivity contribution is 5.69. The van der Waals surface area contributed by atoms with Gasteiger partial charge >= 0.3 is 5.97 Å². The molecule has 1 N–H and O–H groups in total. The first-order valence-electron chi connectivity index (χ1n) is 12.1. The Morgan fingerprint density at radius 1 is 1.11 bits per heavy atom. The Morgan fingerprint density at radius 3 is 2.64 bits per heavy atom. The summed E-state index contributed by atoms with van der Waals surface area (Å²) >= 11 is 0. The minimum atomic E-state index is -0.177. The van der Waals surface area contributed by atoms with Crippen molar-refractivity contribution in [1.29, 1.82) is 0 Å². The third-order valence-electron chi connectivity index (χ3n) is 10.5. The predicted octanol–water partition coefficient (Wildman–Crippen LogP) is 5.60. The first kappa shape index (κ1) is 20.7. The molecule has 0 spiro atoms. The van der Waals surface area contributed by atoms with Gasteiger partial charge in [-0.2, -0.15) is 0 Å². The van der Waals surface area contributed by atoms with Crippen molar-refractivity contribution in [2.24, 2.45) is 46.3 Å². The van der Waals surface area contributed by atoms with E-state index in [-0.39, 0.29) is 17.5 Å². The average molecular weight is 391 g/mol. The van der Waals surface area contributed by atoms with Crippen LogP contribution in [0.1, 0.15) is 91.4 Å². The second-order valence-electron chi connectivity index (χ2n) is 11.3. The molecule has 0 radical (unpaired) electrons. The number of ether oxygens (including phenoxy) is 1. The van der Waals surface area contributed by atoms with Gasteiger partial charge in [0.2, 0.25) is 0 Å². The Bertz CT molecular complexity index is 588. The third-order valence-corrected chi connectivity index (χ3v) is 10.5. The molecule has 0 aromatic rings. The molecule has 4 aliphatic carbocycles. The molecule has 4 rings (SSSR count). The number of methoxy groups -OCH3 is 1. The van der Waals surface area contributed by atoms with Crippen molar-refractivity contribution in [3.05, 3.63) is 0 Å². The van der Waals surface area contributed by atoms with Gasteiger partial charge in [-0.05, 0) is 97.7 Å². The molecule has 0 heterocycles. The van der Waals surface area contributed by atoms with Crippen molar-refractivity contribution in [2.75, 3.05) is 7.11 Å². The SMILES string of the molecule is COC(=O)CC[C@@H](C)[C@H]1CC[C@H]2[C@@H]3CC[C@H]4CCCC[C@]4(C)[C@H]3C[C@H](O)[C@]12C. The number of hydrogen-bond acceptors (Lipinski definition) is 3. The Labute approximate surface area is 172 Å². The normalized spacial score (nSPS) is 48.9. The number of carbonyl (C=O) groups excluding carboxylic acids is 1. The molecule has 28 heavy (non-hydrogen) atoms. The van der Waals surface area contributed by atoms with Gasteiger partial charge in [0.25, 0.3) is 0 Å². The average Bonchev–Trinajstić information content (AvgIpc) is 3.05. The lowest BCUT2D eigenvalue weighted by molar-refractivity contribution is -0.168. The fourth-order valence-electron chi connectivity index (χ4n) is 8.87. The number of aliphatic hydroxyl groups is 1. The first-order chi connectivity index (χ1) is 13.3. The topological polar surface area (TPSA) is 46.5 Å². The lowest BCUT2D eigenvalue weighted by atomic mass is 9.44. The molecular formula is C25H42O3. The molecule has 0 amide bonds. The van der Waals surface area contributed by atoms with Crippen molar-refractivity contribution in [3.8, 4) is 0 Å². The summed E-state index contributed by atoms with van der Waals surface area (Å²) in [5.74, 6) is 4.02. The van der Waals surface area contributed by atoms with E-state index in [9.17, 15) is 9.90 Å². The number of hydrogen-bond donors (Lipinski definition) is 1. The largest absolute Gasteiger partial charge is 0.469 e. The molecule has 160 valence electrons. The second kappa shape index (κ2) is 7.60. The molecule has 3 heteroatoms. The van der Waals surface area contributed by atoms with Gasteiger partial charge in [0.1, 0.15) is 0 Å². The van der Waals surface area contributed by atoms with Gasteiger partial charge in [0.15, 0.2) is 0 Å². The van der Waals surface area contributed by atoms with E-state index in [0.717, 1.165) is 30.6 Å². The van der Waals surface area contributed by atoms with Crippen molar-refractivity contribution in [2.45, 2.75) is 97.5 Å². The van der Waals surface area contributed by atoms with Gasteiger partial charge in [-0.15, -0.1) is 0 Å². The Morgan fingerprint density at radius 2 is 1.89 bits per heavy atom. The number of carbonyl (C=O) groups is 1. The van der Waals surface area contributed by atoms with E-state index >= 15 is 0 Å². The molecule has 3 nitrogen and oxygen atoms in total. The molecule has 0 unspecified atom stereocenters. The maximum atomic E-state index is 11.6. The zero-order valence-corrected chi connectivity index (χ0v) is 18.6. The standard InChI is InChI=1S/C25H42O3/c1-16(8-13-23(27)28-4)19-11-12-20-18-10-9-17-7-5-6-14-24(17,2)21(18)15-22(26)25(19,20)3/h16-22,26H,5-15H2,1-4H3/t16-,17-,18+,19-,20+,21+,22+,24+,25-/m1/s1. The van der Waals surface area contributed by atoms with Crippen LogP contribution >= 0.6 is 0 Å². The fraction of sp³-hybridized carbons (Fsp3) is 0.960. The second-order valence-corrected chi connectivity index (χ2v) is 11.3. The van der Waals surface area contributed by atoms with E-state index in [0.29, 0.717) is 29.6 Å². The summed E-state index contributed by atoms with van der Waals surface area (Å²) in [6.45, 7) is 7.29. The molecule has 0 bridgehead atoms. The summed E-state index contributed by atoms with van der Waals surface area (Å²) in [5.41, 5.74) is 0.507. The Hall–Kier alpha value is -0.570. The smallest absolute Gasteiger partial charge is 0.305 e. The van der Waals surface area contributed by atoms with Crippen LogP contribution in [0.25, 0.3) is 0 Å². The van der Waals surface area contributed by atoms with Gasteiger partial charge in [-0.3, -0.25) is 4.79 Å². The molecular weight excluding hydrogens is 348 g/mol. The molecule has 0 aromatic carbocycles. The maximum absolute atomic E-state index is 11.6. The van der Waals surface area contributed by atoms with Crippen LogP contribution in [0.4, 0.5) is 0 Å². The Kier molecular flexibility index (Phi) is 5.61. The molecule has 9 atom stereocenters. The first-order valence-corrected chi connectivity index (χ1v) is 12.1. The summed E-state index contributed by atoms with van der Waals surface area (Å²) in [6, 6.07) is 0. The molecule has 0 aromatic heterocycles. The van der Waals surface area contributed by atoms with Crippen LogP contribution in [-0.2, 0) is 9.53 Å². The third kappa shape index (κ3) is 3.06. The maximum Gasteiger partial charge on any atom is 0.305 e. The highest BCUT2D eigenvalue weighted by atomic mass is 16.5. The summed E-state index contributed by atoms with van der Waals surface area (Å²) in [7, 11) is 1.48. The van der Waals surface area contributed by atoms with Crippen LogP contribution in [0.5, 0.6) is 0 Å². The summed E-state index contributed by atoms with van der Waals surface area (Å²) in [6.07, 6.45) is 13.2. The minimum absolute atomic E-state index is 0.0363. The highest BCUT2D eigenvalue weighted by Crippen LogP contribution is 2.68. The van der Waals surface area contributed by atoms with E-state index < -0.39 is 0 Å². The molecule has 4 aliphatic rings. The van der Waals surface area contributed by atoms with Crippen molar-refractivity contribution in [1.82, 2.24) is 0 Å². The zero-order chi connectivity index (χ0) is 20.1. The van der Waals surface area contributed by atoms with Crippen molar-refractivity contribution >= 4 is 5.97 Å². The zero-order valence-electron chi connectivity index (χ0n) is 18.6. The van der Waals surface area contributed by atoms with E-state index in [1.165, 1.54) is 58.5 Å². The summed E-state index contributed by atoms with van der Waals surface area (Å²) in [4.78, 5) is 11.6. The molecule has 4 fully saturated rings. The van der Waals surface area contributed by atoms with E-state index in [2.05, 4.69) is 20.8 Å². The predicted molar refractivity (Wildman–Crippen MR) is 112 cm³/mol. The number of aliphatic hydroxyl groups excluding tert-OH is 1. The fourth-order valence-corrected chi connectivity index (χ4v) is 8.87. The Balaban J connectivity index is 1.54. The van der Waals surface area contributed by atoms with Crippen LogP contribution in [-0.4, -0.2) is 24.3 Å². The molecule has 4 saturated carbocycles. The lowest BCUT2D eigenvalue weighted by Crippen LogP contribution is -2.58. The van der Waals surface area contributed by atoms with Gasteiger partial charge in [-0.25, -0.2) is 0 Å².